The van der Waals surface area contributed by atoms with Crippen LogP contribution in [0.15, 0.2) is 42.5 Å². The summed E-state index contributed by atoms with van der Waals surface area (Å²) in [7, 11) is 0. The van der Waals surface area contributed by atoms with E-state index in [1.807, 2.05) is 36.4 Å². The number of hydrogen-bond acceptors (Lipinski definition) is 3. The summed E-state index contributed by atoms with van der Waals surface area (Å²) >= 11 is 0. The topological polar surface area (TPSA) is 38.7 Å². The summed E-state index contributed by atoms with van der Waals surface area (Å²) in [6, 6.07) is 13.7. The Balaban J connectivity index is 1.90. The van der Waals surface area contributed by atoms with Crippen LogP contribution in [0.3, 0.4) is 0 Å². The van der Waals surface area contributed by atoms with Crippen LogP contribution in [0, 0.1) is 0 Å². The van der Waals surface area contributed by atoms with Crippen LogP contribution >= 0.6 is 0 Å². The summed E-state index contributed by atoms with van der Waals surface area (Å²) in [4.78, 5) is 0. The maximum absolute atomic E-state index is 10.6. The third kappa shape index (κ3) is 3.03. The summed E-state index contributed by atoms with van der Waals surface area (Å²) < 4.78 is 11.3. The number of ether oxygens (including phenoxy) is 2. The van der Waals surface area contributed by atoms with Crippen LogP contribution in [-0.4, -0.2) is 18.3 Å². The molecule has 1 aliphatic rings. The molecule has 3 heteroatoms. The maximum atomic E-state index is 10.6. The fraction of sp³-hybridized carbons (Fsp3) is 0.333. The monoisotopic (exact) mass is 284 g/mol. The van der Waals surface area contributed by atoms with Gasteiger partial charge in [-0.1, -0.05) is 37.3 Å². The Morgan fingerprint density at radius 3 is 2.57 bits per heavy atom. The van der Waals surface area contributed by atoms with Crippen molar-refractivity contribution in [3.05, 3.63) is 59.2 Å². The van der Waals surface area contributed by atoms with Gasteiger partial charge in [0.2, 0.25) is 0 Å². The molecule has 3 nitrogen and oxygen atoms in total. The largest absolute Gasteiger partial charge is 0.490 e. The Bertz CT molecular complexity index is 622. The zero-order valence-electron chi connectivity index (χ0n) is 12.2. The van der Waals surface area contributed by atoms with Crippen molar-refractivity contribution >= 4 is 0 Å². The SMILES string of the molecule is CCc1cccc(C(O)c2ccc3c(c2)OCCCO3)c1. The first-order valence-electron chi connectivity index (χ1n) is 7.44. The van der Waals surface area contributed by atoms with Crippen molar-refractivity contribution in [3.8, 4) is 11.5 Å². The molecule has 0 aromatic heterocycles. The summed E-state index contributed by atoms with van der Waals surface area (Å²) in [6.07, 6.45) is 1.20. The molecule has 0 amide bonds. The summed E-state index contributed by atoms with van der Waals surface area (Å²) in [6.45, 7) is 3.43. The number of benzene rings is 2. The van der Waals surface area contributed by atoms with Gasteiger partial charge in [0.05, 0.1) is 13.2 Å². The Morgan fingerprint density at radius 1 is 1.00 bits per heavy atom. The van der Waals surface area contributed by atoms with E-state index < -0.39 is 6.10 Å². The van der Waals surface area contributed by atoms with Crippen molar-refractivity contribution in [1.82, 2.24) is 0 Å². The molecule has 21 heavy (non-hydrogen) atoms. The fourth-order valence-corrected chi connectivity index (χ4v) is 2.53. The zero-order chi connectivity index (χ0) is 14.7. The molecule has 0 saturated heterocycles. The molecular formula is C18H20O3. The van der Waals surface area contributed by atoms with E-state index in [0.717, 1.165) is 35.5 Å². The number of hydrogen-bond donors (Lipinski definition) is 1. The fourth-order valence-electron chi connectivity index (χ4n) is 2.53. The van der Waals surface area contributed by atoms with E-state index in [9.17, 15) is 5.11 Å². The lowest BCUT2D eigenvalue weighted by Crippen LogP contribution is -2.01. The number of fused-ring (bicyclic) bond motifs is 1. The second kappa shape index (κ2) is 6.19. The Hall–Kier alpha value is -2.00. The highest BCUT2D eigenvalue weighted by Crippen LogP contribution is 2.34. The van der Waals surface area contributed by atoms with Crippen molar-refractivity contribution < 1.29 is 14.6 Å². The summed E-state index contributed by atoms with van der Waals surface area (Å²) in [5.74, 6) is 1.47. The molecule has 1 unspecified atom stereocenters. The molecular weight excluding hydrogens is 264 g/mol. The standard InChI is InChI=1S/C18H20O3/c1-2-13-5-3-6-14(11-13)18(19)15-7-8-16-17(12-15)21-10-4-9-20-16/h3,5-8,11-12,18-19H,2,4,9-10H2,1H3. The Kier molecular flexibility index (Phi) is 4.11. The molecule has 0 bridgehead atoms. The molecule has 2 aromatic carbocycles. The van der Waals surface area contributed by atoms with Crippen LogP contribution in [-0.2, 0) is 6.42 Å². The minimum absolute atomic E-state index is 0.645. The lowest BCUT2D eigenvalue weighted by Gasteiger charge is -2.15. The van der Waals surface area contributed by atoms with Gasteiger partial charge in [-0.2, -0.15) is 0 Å². The minimum atomic E-state index is -0.645. The third-order valence-corrected chi connectivity index (χ3v) is 3.76. The molecule has 0 fully saturated rings. The number of rotatable bonds is 3. The highest BCUT2D eigenvalue weighted by molar-refractivity contribution is 5.46. The molecule has 0 radical (unpaired) electrons. The van der Waals surface area contributed by atoms with Crippen LogP contribution in [0.4, 0.5) is 0 Å². The summed E-state index contributed by atoms with van der Waals surface area (Å²) in [5.41, 5.74) is 2.96. The second-order valence-corrected chi connectivity index (χ2v) is 5.26. The molecule has 1 heterocycles. The molecule has 0 saturated carbocycles. The zero-order valence-corrected chi connectivity index (χ0v) is 12.2. The molecule has 1 atom stereocenters. The van der Waals surface area contributed by atoms with Crippen LogP contribution < -0.4 is 9.47 Å². The average molecular weight is 284 g/mol. The van der Waals surface area contributed by atoms with E-state index in [1.165, 1.54) is 5.56 Å². The van der Waals surface area contributed by atoms with Crippen molar-refractivity contribution in [2.75, 3.05) is 13.2 Å². The molecule has 2 aromatic rings. The first kappa shape index (κ1) is 14.0. The number of aliphatic hydroxyl groups excluding tert-OH is 1. The molecule has 0 spiro atoms. The van der Waals surface area contributed by atoms with Gasteiger partial charge in [-0.05, 0) is 35.2 Å². The van der Waals surface area contributed by atoms with E-state index in [4.69, 9.17) is 9.47 Å². The van der Waals surface area contributed by atoms with E-state index in [-0.39, 0.29) is 0 Å². The van der Waals surface area contributed by atoms with Crippen LogP contribution in [0.5, 0.6) is 11.5 Å². The average Bonchev–Trinajstić information content (AvgIpc) is 2.78. The molecule has 3 rings (SSSR count). The number of aryl methyl sites for hydroxylation is 1. The van der Waals surface area contributed by atoms with Crippen LogP contribution in [0.2, 0.25) is 0 Å². The minimum Gasteiger partial charge on any atom is -0.490 e. The Labute approximate surface area is 125 Å². The summed E-state index contributed by atoms with van der Waals surface area (Å²) in [5, 5.41) is 10.6. The smallest absolute Gasteiger partial charge is 0.161 e. The van der Waals surface area contributed by atoms with Gasteiger partial charge >= 0.3 is 0 Å². The van der Waals surface area contributed by atoms with Crippen LogP contribution in [0.1, 0.15) is 36.1 Å². The third-order valence-electron chi connectivity index (χ3n) is 3.76. The van der Waals surface area contributed by atoms with E-state index >= 15 is 0 Å². The van der Waals surface area contributed by atoms with Crippen molar-refractivity contribution in [2.24, 2.45) is 0 Å². The van der Waals surface area contributed by atoms with Gasteiger partial charge < -0.3 is 14.6 Å². The van der Waals surface area contributed by atoms with Gasteiger partial charge in [0, 0.05) is 6.42 Å². The lowest BCUT2D eigenvalue weighted by molar-refractivity contribution is 0.219. The van der Waals surface area contributed by atoms with Crippen LogP contribution in [0.25, 0.3) is 0 Å². The van der Waals surface area contributed by atoms with E-state index in [0.29, 0.717) is 13.2 Å². The lowest BCUT2D eigenvalue weighted by atomic mass is 9.99. The van der Waals surface area contributed by atoms with Gasteiger partial charge in [-0.3, -0.25) is 0 Å². The van der Waals surface area contributed by atoms with Gasteiger partial charge in [0.25, 0.3) is 0 Å². The van der Waals surface area contributed by atoms with E-state index in [1.54, 1.807) is 0 Å². The van der Waals surface area contributed by atoms with Gasteiger partial charge in [0.1, 0.15) is 6.10 Å². The van der Waals surface area contributed by atoms with Crippen molar-refractivity contribution in [3.63, 3.8) is 0 Å². The van der Waals surface area contributed by atoms with Gasteiger partial charge in [0.15, 0.2) is 11.5 Å². The molecule has 110 valence electrons. The van der Waals surface area contributed by atoms with Crippen molar-refractivity contribution in [2.45, 2.75) is 25.9 Å². The van der Waals surface area contributed by atoms with Gasteiger partial charge in [-0.15, -0.1) is 0 Å². The predicted octanol–water partition coefficient (Wildman–Crippen LogP) is 3.49. The second-order valence-electron chi connectivity index (χ2n) is 5.26. The first-order chi connectivity index (χ1) is 10.3. The first-order valence-corrected chi connectivity index (χ1v) is 7.44. The quantitative estimate of drug-likeness (QED) is 0.937. The maximum Gasteiger partial charge on any atom is 0.161 e. The molecule has 1 aliphatic heterocycles. The van der Waals surface area contributed by atoms with Gasteiger partial charge in [-0.25, -0.2) is 0 Å². The normalized spacial score (nSPS) is 15.3. The van der Waals surface area contributed by atoms with E-state index in [2.05, 4.69) is 13.0 Å². The predicted molar refractivity (Wildman–Crippen MR) is 81.9 cm³/mol. The Morgan fingerprint density at radius 2 is 1.76 bits per heavy atom. The molecule has 1 N–H and O–H groups in total. The number of aliphatic hydroxyl groups is 1. The highest BCUT2D eigenvalue weighted by atomic mass is 16.5. The van der Waals surface area contributed by atoms with Crippen molar-refractivity contribution in [1.29, 1.82) is 0 Å². The molecule has 0 aliphatic carbocycles. The highest BCUT2D eigenvalue weighted by Gasteiger charge is 2.16.